The zero-order valence-electron chi connectivity index (χ0n) is 10.1. The van der Waals surface area contributed by atoms with E-state index in [1.54, 1.807) is 6.92 Å². The van der Waals surface area contributed by atoms with E-state index in [1.165, 1.54) is 0 Å². The van der Waals surface area contributed by atoms with Gasteiger partial charge in [0.25, 0.3) is 0 Å². The molecule has 0 spiro atoms. The second-order valence-electron chi connectivity index (χ2n) is 4.56. The first kappa shape index (κ1) is 12.0. The number of likely N-dealkylation sites (tertiary alicyclic amines) is 1. The van der Waals surface area contributed by atoms with Gasteiger partial charge in [0.1, 0.15) is 5.54 Å². The molecule has 0 bridgehead atoms. The first-order chi connectivity index (χ1) is 8.06. The molecule has 94 valence electrons. The normalized spacial score (nSPS) is 25.3. The number of carbonyl (C=O) groups is 1. The van der Waals surface area contributed by atoms with Crippen LogP contribution in [0.3, 0.4) is 0 Å². The van der Waals surface area contributed by atoms with Gasteiger partial charge in [-0.05, 0) is 26.3 Å². The number of aliphatic carboxylic acids is 1. The van der Waals surface area contributed by atoms with Crippen LogP contribution in [0.4, 0.5) is 0 Å². The van der Waals surface area contributed by atoms with Crippen LogP contribution >= 0.6 is 0 Å². The standard InChI is InChI=1S/C11H17N3O3/c1-3-8-12-9(17-13-8)7-14-6-4-5-11(14,2)10(15)16/h3-7H2,1-2H3,(H,15,16). The molecule has 0 radical (unpaired) electrons. The van der Waals surface area contributed by atoms with E-state index in [-0.39, 0.29) is 0 Å². The van der Waals surface area contributed by atoms with Crippen molar-refractivity contribution >= 4 is 5.97 Å². The fraction of sp³-hybridized carbons (Fsp3) is 0.727. The maximum absolute atomic E-state index is 11.3. The van der Waals surface area contributed by atoms with Gasteiger partial charge in [0.05, 0.1) is 6.54 Å². The molecule has 2 heterocycles. The fourth-order valence-electron chi connectivity index (χ4n) is 2.18. The van der Waals surface area contributed by atoms with E-state index in [9.17, 15) is 9.90 Å². The number of hydrogen-bond donors (Lipinski definition) is 1. The first-order valence-corrected chi connectivity index (χ1v) is 5.86. The molecule has 1 atom stereocenters. The highest BCUT2D eigenvalue weighted by Gasteiger charge is 2.43. The average Bonchev–Trinajstić information content (AvgIpc) is 2.88. The van der Waals surface area contributed by atoms with E-state index in [0.717, 1.165) is 19.4 Å². The molecule has 1 N–H and O–H groups in total. The van der Waals surface area contributed by atoms with Crippen LogP contribution in [0.5, 0.6) is 0 Å². The Bertz CT molecular complexity index is 418. The smallest absolute Gasteiger partial charge is 0.323 e. The molecule has 6 heteroatoms. The van der Waals surface area contributed by atoms with Crippen molar-refractivity contribution in [2.24, 2.45) is 0 Å². The molecule has 0 aliphatic carbocycles. The number of nitrogens with zero attached hydrogens (tertiary/aromatic N) is 3. The molecule has 1 saturated heterocycles. The van der Waals surface area contributed by atoms with Crippen LogP contribution in [-0.4, -0.2) is 38.2 Å². The molecule has 0 aromatic carbocycles. The minimum atomic E-state index is -0.805. The van der Waals surface area contributed by atoms with Crippen LogP contribution in [-0.2, 0) is 17.8 Å². The molecule has 1 unspecified atom stereocenters. The second kappa shape index (κ2) is 4.44. The molecule has 0 saturated carbocycles. The number of aryl methyl sites for hydroxylation is 1. The molecule has 0 amide bonds. The zero-order valence-corrected chi connectivity index (χ0v) is 10.1. The predicted octanol–water partition coefficient (Wildman–Crippen LogP) is 1.07. The Kier molecular flexibility index (Phi) is 3.15. The van der Waals surface area contributed by atoms with E-state index in [2.05, 4.69) is 10.1 Å². The first-order valence-electron chi connectivity index (χ1n) is 5.86. The minimum Gasteiger partial charge on any atom is -0.480 e. The van der Waals surface area contributed by atoms with Crippen LogP contribution in [0.15, 0.2) is 4.52 Å². The quantitative estimate of drug-likeness (QED) is 0.846. The molecule has 1 fully saturated rings. The van der Waals surface area contributed by atoms with Crippen LogP contribution in [0, 0.1) is 0 Å². The monoisotopic (exact) mass is 239 g/mol. The molecule has 6 nitrogen and oxygen atoms in total. The van der Waals surface area contributed by atoms with E-state index in [4.69, 9.17) is 4.52 Å². The van der Waals surface area contributed by atoms with Gasteiger partial charge in [-0.3, -0.25) is 9.69 Å². The minimum absolute atomic E-state index is 0.413. The Morgan fingerprint density at radius 3 is 3.00 bits per heavy atom. The maximum Gasteiger partial charge on any atom is 0.323 e. The summed E-state index contributed by atoms with van der Waals surface area (Å²) >= 11 is 0. The molecule has 1 aromatic rings. The summed E-state index contributed by atoms with van der Waals surface area (Å²) in [7, 11) is 0. The van der Waals surface area contributed by atoms with Gasteiger partial charge in [-0.25, -0.2) is 0 Å². The van der Waals surface area contributed by atoms with E-state index >= 15 is 0 Å². The van der Waals surface area contributed by atoms with Crippen LogP contribution in [0.2, 0.25) is 0 Å². The van der Waals surface area contributed by atoms with Crippen LogP contribution in [0.1, 0.15) is 38.4 Å². The molecule has 1 aromatic heterocycles. The lowest BCUT2D eigenvalue weighted by Gasteiger charge is -2.29. The van der Waals surface area contributed by atoms with Crippen molar-refractivity contribution in [3.63, 3.8) is 0 Å². The lowest BCUT2D eigenvalue weighted by molar-refractivity contribution is -0.149. The molecule has 1 aliphatic heterocycles. The Morgan fingerprint density at radius 2 is 2.41 bits per heavy atom. The molecular formula is C11H17N3O3. The second-order valence-corrected chi connectivity index (χ2v) is 4.56. The third kappa shape index (κ3) is 2.17. The van der Waals surface area contributed by atoms with Crippen LogP contribution < -0.4 is 0 Å². The Balaban J connectivity index is 2.10. The lowest BCUT2D eigenvalue weighted by Crippen LogP contribution is -2.47. The number of rotatable bonds is 4. The Morgan fingerprint density at radius 1 is 1.65 bits per heavy atom. The van der Waals surface area contributed by atoms with E-state index in [0.29, 0.717) is 24.7 Å². The number of carboxylic acids is 1. The Hall–Kier alpha value is -1.43. The SMILES string of the molecule is CCc1noc(CN2CCCC2(C)C(=O)O)n1. The van der Waals surface area contributed by atoms with Crippen molar-refractivity contribution in [2.45, 2.75) is 45.2 Å². The largest absolute Gasteiger partial charge is 0.480 e. The van der Waals surface area contributed by atoms with Gasteiger partial charge in [-0.2, -0.15) is 4.98 Å². The topological polar surface area (TPSA) is 79.5 Å². The summed E-state index contributed by atoms with van der Waals surface area (Å²) in [5.74, 6) is 0.373. The van der Waals surface area contributed by atoms with Gasteiger partial charge >= 0.3 is 5.97 Å². The lowest BCUT2D eigenvalue weighted by atomic mass is 9.99. The van der Waals surface area contributed by atoms with Crippen molar-refractivity contribution < 1.29 is 14.4 Å². The third-order valence-electron chi connectivity index (χ3n) is 3.40. The van der Waals surface area contributed by atoms with Crippen molar-refractivity contribution in [2.75, 3.05) is 6.54 Å². The van der Waals surface area contributed by atoms with Gasteiger partial charge in [0.15, 0.2) is 5.82 Å². The summed E-state index contributed by atoms with van der Waals surface area (Å²) in [5.41, 5.74) is -0.805. The maximum atomic E-state index is 11.3. The van der Waals surface area contributed by atoms with Crippen molar-refractivity contribution in [3.05, 3.63) is 11.7 Å². The predicted molar refractivity (Wildman–Crippen MR) is 59.4 cm³/mol. The van der Waals surface area contributed by atoms with Crippen LogP contribution in [0.25, 0.3) is 0 Å². The number of carboxylic acid groups (broad SMARTS) is 1. The molecule has 2 rings (SSSR count). The number of aromatic nitrogens is 2. The van der Waals surface area contributed by atoms with Gasteiger partial charge in [-0.15, -0.1) is 0 Å². The highest BCUT2D eigenvalue weighted by molar-refractivity contribution is 5.78. The van der Waals surface area contributed by atoms with Gasteiger partial charge < -0.3 is 9.63 Å². The zero-order chi connectivity index (χ0) is 12.5. The third-order valence-corrected chi connectivity index (χ3v) is 3.40. The highest BCUT2D eigenvalue weighted by Crippen LogP contribution is 2.30. The average molecular weight is 239 g/mol. The highest BCUT2D eigenvalue weighted by atomic mass is 16.5. The molecule has 17 heavy (non-hydrogen) atoms. The van der Waals surface area contributed by atoms with E-state index < -0.39 is 11.5 Å². The molecule has 1 aliphatic rings. The van der Waals surface area contributed by atoms with Gasteiger partial charge in [0, 0.05) is 6.42 Å². The summed E-state index contributed by atoms with van der Waals surface area (Å²) in [6.07, 6.45) is 2.27. The van der Waals surface area contributed by atoms with Gasteiger partial charge in [0.2, 0.25) is 5.89 Å². The summed E-state index contributed by atoms with van der Waals surface area (Å²) < 4.78 is 5.09. The summed E-state index contributed by atoms with van der Waals surface area (Å²) in [6.45, 7) is 4.87. The summed E-state index contributed by atoms with van der Waals surface area (Å²) in [6, 6.07) is 0. The van der Waals surface area contributed by atoms with Gasteiger partial charge in [-0.1, -0.05) is 12.1 Å². The summed E-state index contributed by atoms with van der Waals surface area (Å²) in [5, 5.41) is 13.1. The number of hydrogen-bond acceptors (Lipinski definition) is 5. The fourth-order valence-corrected chi connectivity index (χ4v) is 2.18. The van der Waals surface area contributed by atoms with Crippen molar-refractivity contribution in [3.8, 4) is 0 Å². The van der Waals surface area contributed by atoms with Crippen molar-refractivity contribution in [1.29, 1.82) is 0 Å². The summed E-state index contributed by atoms with van der Waals surface area (Å²) in [4.78, 5) is 17.4. The van der Waals surface area contributed by atoms with E-state index in [1.807, 2.05) is 11.8 Å². The molecular weight excluding hydrogens is 222 g/mol. The van der Waals surface area contributed by atoms with Crippen molar-refractivity contribution in [1.82, 2.24) is 15.0 Å². The Labute approximate surface area is 99.6 Å².